The minimum Gasteiger partial charge on any atom is -0.497 e. The Labute approximate surface area is 194 Å². The quantitative estimate of drug-likeness (QED) is 0.451. The van der Waals surface area contributed by atoms with Crippen molar-refractivity contribution in [3.63, 3.8) is 0 Å². The van der Waals surface area contributed by atoms with E-state index in [0.29, 0.717) is 30.3 Å². The summed E-state index contributed by atoms with van der Waals surface area (Å²) >= 11 is 0. The monoisotopic (exact) mass is 447 g/mol. The van der Waals surface area contributed by atoms with Gasteiger partial charge in [0.05, 0.1) is 13.7 Å². The molecule has 0 unspecified atom stereocenters. The summed E-state index contributed by atoms with van der Waals surface area (Å²) < 4.78 is 10.8. The van der Waals surface area contributed by atoms with E-state index < -0.39 is 0 Å². The summed E-state index contributed by atoms with van der Waals surface area (Å²) in [4.78, 5) is 29.3. The van der Waals surface area contributed by atoms with Gasteiger partial charge < -0.3 is 24.3 Å². The summed E-state index contributed by atoms with van der Waals surface area (Å²) in [6, 6.07) is 20.1. The molecule has 0 saturated carbocycles. The number of benzene rings is 2. The molecule has 1 N–H and O–H groups in total. The Hall–Kier alpha value is -4.00. The van der Waals surface area contributed by atoms with Crippen LogP contribution in [0.15, 0.2) is 83.8 Å². The largest absolute Gasteiger partial charge is 0.497 e. The third-order valence-electron chi connectivity index (χ3n) is 5.02. The van der Waals surface area contributed by atoms with Gasteiger partial charge in [-0.05, 0) is 48.9 Å². The summed E-state index contributed by atoms with van der Waals surface area (Å²) in [5.41, 5.74) is 1.60. The summed E-state index contributed by atoms with van der Waals surface area (Å²) in [5, 5.41) is 2.82. The zero-order valence-corrected chi connectivity index (χ0v) is 19.0. The summed E-state index contributed by atoms with van der Waals surface area (Å²) in [6.07, 6.45) is 1.60. The molecule has 0 saturated heterocycles. The number of carbonyl (C=O) groups excluding carboxylic acids is 2. The maximum atomic E-state index is 13.3. The van der Waals surface area contributed by atoms with Crippen molar-refractivity contribution in [3.8, 4) is 5.75 Å². The minimum absolute atomic E-state index is 0.0967. The predicted octanol–water partition coefficient (Wildman–Crippen LogP) is 4.85. The first-order valence-electron chi connectivity index (χ1n) is 10.7. The van der Waals surface area contributed by atoms with E-state index in [1.54, 1.807) is 42.4 Å². The highest BCUT2D eigenvalue weighted by molar-refractivity contribution is 5.92. The summed E-state index contributed by atoms with van der Waals surface area (Å²) in [5.74, 6) is 1.97. The van der Waals surface area contributed by atoms with E-state index >= 15 is 0 Å². The summed E-state index contributed by atoms with van der Waals surface area (Å²) in [6.45, 7) is 6.43. The molecule has 7 heteroatoms. The second-order valence-electron chi connectivity index (χ2n) is 7.58. The average molecular weight is 448 g/mol. The van der Waals surface area contributed by atoms with Gasteiger partial charge in [0.1, 0.15) is 23.8 Å². The van der Waals surface area contributed by atoms with Crippen molar-refractivity contribution in [1.29, 1.82) is 0 Å². The Bertz CT molecular complexity index is 1060. The number of aryl methyl sites for hydroxylation is 1. The van der Waals surface area contributed by atoms with E-state index in [-0.39, 0.29) is 25.0 Å². The van der Waals surface area contributed by atoms with E-state index in [0.717, 1.165) is 11.3 Å². The van der Waals surface area contributed by atoms with Crippen molar-refractivity contribution in [2.75, 3.05) is 25.5 Å². The first kappa shape index (κ1) is 23.7. The number of ether oxygens (including phenoxy) is 1. The van der Waals surface area contributed by atoms with Gasteiger partial charge in [-0.3, -0.25) is 4.79 Å². The zero-order valence-electron chi connectivity index (χ0n) is 19.0. The molecule has 0 aliphatic carbocycles. The number of anilines is 1. The van der Waals surface area contributed by atoms with Gasteiger partial charge in [-0.15, -0.1) is 6.58 Å². The zero-order chi connectivity index (χ0) is 23.6. The number of carbonyl (C=O) groups is 2. The fourth-order valence-electron chi connectivity index (χ4n) is 3.31. The molecule has 0 aliphatic rings. The number of furan rings is 1. The van der Waals surface area contributed by atoms with Crippen molar-refractivity contribution in [2.45, 2.75) is 20.0 Å². The number of amides is 3. The molecule has 3 aromatic rings. The Kier molecular flexibility index (Phi) is 8.30. The fraction of sp³-hybridized carbons (Fsp3) is 0.231. The maximum absolute atomic E-state index is 13.3. The van der Waals surface area contributed by atoms with Crippen molar-refractivity contribution < 1.29 is 18.7 Å². The van der Waals surface area contributed by atoms with Crippen LogP contribution < -0.4 is 10.1 Å². The summed E-state index contributed by atoms with van der Waals surface area (Å²) in [7, 11) is 1.58. The molecule has 2 aromatic carbocycles. The highest BCUT2D eigenvalue weighted by atomic mass is 16.5. The molecule has 0 fully saturated rings. The van der Waals surface area contributed by atoms with E-state index in [2.05, 4.69) is 11.9 Å². The topological polar surface area (TPSA) is 75.0 Å². The molecular weight excluding hydrogens is 418 g/mol. The number of nitrogens with one attached hydrogen (secondary N) is 1. The number of hydrogen-bond donors (Lipinski definition) is 1. The van der Waals surface area contributed by atoms with E-state index in [4.69, 9.17) is 9.15 Å². The number of nitrogens with zero attached hydrogens (tertiary/aromatic N) is 2. The normalized spacial score (nSPS) is 10.4. The van der Waals surface area contributed by atoms with Gasteiger partial charge in [0.2, 0.25) is 5.91 Å². The molecule has 0 aliphatic heterocycles. The third-order valence-corrected chi connectivity index (χ3v) is 5.02. The second-order valence-corrected chi connectivity index (χ2v) is 7.58. The lowest BCUT2D eigenvalue weighted by Crippen LogP contribution is -2.44. The number of methoxy groups -OCH3 is 1. The molecular formula is C26H29N3O4. The van der Waals surface area contributed by atoms with Crippen LogP contribution in [0.25, 0.3) is 0 Å². The third kappa shape index (κ3) is 7.00. The lowest BCUT2D eigenvalue weighted by atomic mass is 10.2. The van der Waals surface area contributed by atoms with E-state index in [1.807, 2.05) is 49.4 Å². The lowest BCUT2D eigenvalue weighted by Gasteiger charge is -2.27. The van der Waals surface area contributed by atoms with Crippen LogP contribution in [0.1, 0.15) is 17.1 Å². The number of urea groups is 1. The molecule has 0 bridgehead atoms. The van der Waals surface area contributed by atoms with Crippen molar-refractivity contribution in [3.05, 3.63) is 96.5 Å². The standard InChI is InChI=1S/C26H29N3O4/c1-4-16-28(26(31)27-22-11-14-23(32-3)15-12-22)19-25(30)29(17-21-8-6-5-7-9-21)18-24-13-10-20(2)33-24/h4-15H,1,16-19H2,2-3H3,(H,27,31). The molecule has 0 radical (unpaired) electrons. The molecule has 0 spiro atoms. The Morgan fingerprint density at radius 1 is 1.00 bits per heavy atom. The van der Waals surface area contributed by atoms with Crippen molar-refractivity contribution in [2.24, 2.45) is 0 Å². The molecule has 0 atom stereocenters. The Morgan fingerprint density at radius 3 is 2.33 bits per heavy atom. The first-order chi connectivity index (χ1) is 16.0. The average Bonchev–Trinajstić information content (AvgIpc) is 3.24. The van der Waals surface area contributed by atoms with Gasteiger partial charge in [0, 0.05) is 18.8 Å². The van der Waals surface area contributed by atoms with Crippen molar-refractivity contribution in [1.82, 2.24) is 9.80 Å². The van der Waals surface area contributed by atoms with Gasteiger partial charge in [0.15, 0.2) is 0 Å². The second kappa shape index (κ2) is 11.6. The lowest BCUT2D eigenvalue weighted by molar-refractivity contribution is -0.133. The molecule has 7 nitrogen and oxygen atoms in total. The van der Waals surface area contributed by atoms with E-state index in [9.17, 15) is 9.59 Å². The van der Waals surface area contributed by atoms with Crippen LogP contribution in [0.4, 0.5) is 10.5 Å². The molecule has 1 heterocycles. The van der Waals surface area contributed by atoms with Crippen LogP contribution in [0, 0.1) is 6.92 Å². The smallest absolute Gasteiger partial charge is 0.322 e. The highest BCUT2D eigenvalue weighted by Gasteiger charge is 2.22. The van der Waals surface area contributed by atoms with Crippen LogP contribution in [-0.4, -0.2) is 41.9 Å². The van der Waals surface area contributed by atoms with Crippen molar-refractivity contribution >= 4 is 17.6 Å². The fourth-order valence-corrected chi connectivity index (χ4v) is 3.31. The maximum Gasteiger partial charge on any atom is 0.322 e. The number of rotatable bonds is 10. The van der Waals surface area contributed by atoms with Crippen LogP contribution in [0.2, 0.25) is 0 Å². The van der Waals surface area contributed by atoms with Gasteiger partial charge in [-0.2, -0.15) is 0 Å². The predicted molar refractivity (Wildman–Crippen MR) is 128 cm³/mol. The highest BCUT2D eigenvalue weighted by Crippen LogP contribution is 2.16. The van der Waals surface area contributed by atoms with Crippen LogP contribution >= 0.6 is 0 Å². The Balaban J connectivity index is 1.72. The van der Waals surface area contributed by atoms with Crippen LogP contribution in [-0.2, 0) is 17.9 Å². The van der Waals surface area contributed by atoms with Gasteiger partial charge >= 0.3 is 6.03 Å². The molecule has 172 valence electrons. The molecule has 33 heavy (non-hydrogen) atoms. The van der Waals surface area contributed by atoms with Gasteiger partial charge in [-0.1, -0.05) is 36.4 Å². The number of hydrogen-bond acceptors (Lipinski definition) is 4. The molecule has 3 amide bonds. The minimum atomic E-state index is -0.387. The van der Waals surface area contributed by atoms with Crippen LogP contribution in [0.3, 0.4) is 0 Å². The van der Waals surface area contributed by atoms with Crippen LogP contribution in [0.5, 0.6) is 5.75 Å². The van der Waals surface area contributed by atoms with Gasteiger partial charge in [-0.25, -0.2) is 4.79 Å². The SMILES string of the molecule is C=CCN(CC(=O)N(Cc1ccccc1)Cc1ccc(C)o1)C(=O)Nc1ccc(OC)cc1. The molecule has 1 aromatic heterocycles. The Morgan fingerprint density at radius 2 is 1.73 bits per heavy atom. The first-order valence-corrected chi connectivity index (χ1v) is 10.7. The van der Waals surface area contributed by atoms with E-state index in [1.165, 1.54) is 4.90 Å². The van der Waals surface area contributed by atoms with Gasteiger partial charge in [0.25, 0.3) is 0 Å². The molecule has 3 rings (SSSR count).